The van der Waals surface area contributed by atoms with Gasteiger partial charge in [-0.15, -0.1) is 0 Å². The van der Waals surface area contributed by atoms with Crippen molar-refractivity contribution in [1.82, 2.24) is 19.9 Å². The molecule has 90 valence electrons. The fraction of sp³-hybridized carbons (Fsp3) is 0.111. The molecule has 0 amide bonds. The standard InChI is InChI=1S/C9H11N5O2S/c10-9-8(2-1-3-11-9)17(15,16)14-6-7-4-12-13-5-7/h1-5,14H,6H2,(H2,10,11)(H,12,13). The Morgan fingerprint density at radius 2 is 2.29 bits per heavy atom. The molecule has 8 heteroatoms. The molecule has 0 aliphatic carbocycles. The second kappa shape index (κ2) is 4.52. The van der Waals surface area contributed by atoms with E-state index in [1.165, 1.54) is 24.5 Å². The number of hydrogen-bond donors (Lipinski definition) is 3. The summed E-state index contributed by atoms with van der Waals surface area (Å²) in [6.07, 6.45) is 4.58. The minimum absolute atomic E-state index is 0.0211. The van der Waals surface area contributed by atoms with Gasteiger partial charge < -0.3 is 5.73 Å². The van der Waals surface area contributed by atoms with Gasteiger partial charge in [0.15, 0.2) is 0 Å². The minimum atomic E-state index is -3.65. The average Bonchev–Trinajstić information content (AvgIpc) is 2.80. The van der Waals surface area contributed by atoms with Crippen LogP contribution in [0.4, 0.5) is 5.82 Å². The first-order valence-corrected chi connectivity index (χ1v) is 6.26. The molecular weight excluding hydrogens is 242 g/mol. The first-order valence-electron chi connectivity index (χ1n) is 4.77. The largest absolute Gasteiger partial charge is 0.383 e. The third kappa shape index (κ3) is 2.60. The lowest BCUT2D eigenvalue weighted by Crippen LogP contribution is -2.24. The van der Waals surface area contributed by atoms with E-state index >= 15 is 0 Å². The molecule has 2 heterocycles. The lowest BCUT2D eigenvalue weighted by Gasteiger charge is -2.06. The van der Waals surface area contributed by atoms with Crippen LogP contribution in [0, 0.1) is 0 Å². The van der Waals surface area contributed by atoms with E-state index in [-0.39, 0.29) is 17.3 Å². The molecule has 0 atom stereocenters. The van der Waals surface area contributed by atoms with Gasteiger partial charge in [0.25, 0.3) is 0 Å². The van der Waals surface area contributed by atoms with Gasteiger partial charge in [0, 0.05) is 24.5 Å². The fourth-order valence-electron chi connectivity index (χ4n) is 1.26. The summed E-state index contributed by atoms with van der Waals surface area (Å²) in [7, 11) is -3.65. The molecule has 2 aromatic rings. The lowest BCUT2D eigenvalue weighted by atomic mass is 10.4. The van der Waals surface area contributed by atoms with Gasteiger partial charge in [0.2, 0.25) is 10.0 Å². The van der Waals surface area contributed by atoms with Gasteiger partial charge in [-0.05, 0) is 12.1 Å². The maximum Gasteiger partial charge on any atom is 0.244 e. The molecule has 0 saturated heterocycles. The van der Waals surface area contributed by atoms with E-state index in [9.17, 15) is 8.42 Å². The van der Waals surface area contributed by atoms with Crippen LogP contribution in [0.2, 0.25) is 0 Å². The number of nitrogens with zero attached hydrogens (tertiary/aromatic N) is 2. The summed E-state index contributed by atoms with van der Waals surface area (Å²) < 4.78 is 26.2. The number of aromatic nitrogens is 3. The smallest absolute Gasteiger partial charge is 0.244 e. The number of H-pyrrole nitrogens is 1. The minimum Gasteiger partial charge on any atom is -0.383 e. The van der Waals surface area contributed by atoms with Crippen molar-refractivity contribution in [2.75, 3.05) is 5.73 Å². The third-order valence-corrected chi connectivity index (χ3v) is 3.56. The van der Waals surface area contributed by atoms with Gasteiger partial charge in [-0.2, -0.15) is 5.10 Å². The molecule has 0 saturated carbocycles. The highest BCUT2D eigenvalue weighted by molar-refractivity contribution is 7.89. The number of pyridine rings is 1. The van der Waals surface area contributed by atoms with Crippen molar-refractivity contribution in [3.8, 4) is 0 Å². The van der Waals surface area contributed by atoms with E-state index in [1.54, 1.807) is 6.20 Å². The Hall–Kier alpha value is -1.93. The van der Waals surface area contributed by atoms with E-state index < -0.39 is 10.0 Å². The predicted molar refractivity (Wildman–Crippen MR) is 61.3 cm³/mol. The molecular formula is C9H11N5O2S. The summed E-state index contributed by atoms with van der Waals surface area (Å²) in [5, 5.41) is 6.31. The Bertz CT molecular complexity index is 594. The van der Waals surface area contributed by atoms with E-state index in [2.05, 4.69) is 19.9 Å². The molecule has 0 aromatic carbocycles. The maximum atomic E-state index is 11.9. The van der Waals surface area contributed by atoms with Gasteiger partial charge in [0.05, 0.1) is 6.20 Å². The number of nitrogens with one attached hydrogen (secondary N) is 2. The zero-order valence-corrected chi connectivity index (χ0v) is 9.61. The normalized spacial score (nSPS) is 11.5. The molecule has 0 bridgehead atoms. The predicted octanol–water partition coefficient (Wildman–Crippen LogP) is -0.135. The fourth-order valence-corrected chi connectivity index (χ4v) is 2.36. The van der Waals surface area contributed by atoms with Crippen LogP contribution in [0.1, 0.15) is 5.56 Å². The van der Waals surface area contributed by atoms with Crippen LogP contribution in [-0.4, -0.2) is 23.6 Å². The van der Waals surface area contributed by atoms with Crippen LogP contribution in [0.3, 0.4) is 0 Å². The first kappa shape index (κ1) is 11.6. The van der Waals surface area contributed by atoms with Gasteiger partial charge in [-0.3, -0.25) is 5.10 Å². The van der Waals surface area contributed by atoms with Crippen molar-refractivity contribution in [1.29, 1.82) is 0 Å². The quantitative estimate of drug-likeness (QED) is 0.702. The third-order valence-electron chi connectivity index (χ3n) is 2.11. The Kier molecular flexibility index (Phi) is 3.07. The van der Waals surface area contributed by atoms with Gasteiger partial charge in [-0.25, -0.2) is 18.1 Å². The zero-order valence-electron chi connectivity index (χ0n) is 8.79. The van der Waals surface area contributed by atoms with Crippen molar-refractivity contribution >= 4 is 15.8 Å². The highest BCUT2D eigenvalue weighted by Crippen LogP contribution is 2.14. The molecule has 4 N–H and O–H groups in total. The summed E-state index contributed by atoms with van der Waals surface area (Å²) >= 11 is 0. The molecule has 0 fully saturated rings. The van der Waals surface area contributed by atoms with Crippen LogP contribution >= 0.6 is 0 Å². The number of anilines is 1. The highest BCUT2D eigenvalue weighted by Gasteiger charge is 2.17. The Labute approximate surface area is 98.1 Å². The highest BCUT2D eigenvalue weighted by atomic mass is 32.2. The lowest BCUT2D eigenvalue weighted by molar-refractivity contribution is 0.581. The van der Waals surface area contributed by atoms with Crippen molar-refractivity contribution in [3.63, 3.8) is 0 Å². The molecule has 0 aliphatic heterocycles. The summed E-state index contributed by atoms with van der Waals surface area (Å²) in [5.41, 5.74) is 6.24. The van der Waals surface area contributed by atoms with E-state index in [4.69, 9.17) is 5.73 Å². The SMILES string of the molecule is Nc1ncccc1S(=O)(=O)NCc1cn[nH]c1. The Balaban J connectivity index is 2.17. The number of rotatable bonds is 4. The number of hydrogen-bond acceptors (Lipinski definition) is 5. The first-order chi connectivity index (χ1) is 8.09. The summed E-state index contributed by atoms with van der Waals surface area (Å²) in [6.45, 7) is 0.146. The van der Waals surface area contributed by atoms with Crippen LogP contribution < -0.4 is 10.5 Å². The average molecular weight is 253 g/mol. The van der Waals surface area contributed by atoms with Crippen LogP contribution in [0.25, 0.3) is 0 Å². The number of aromatic amines is 1. The Morgan fingerprint density at radius 1 is 1.47 bits per heavy atom. The van der Waals surface area contributed by atoms with Crippen molar-refractivity contribution in [2.45, 2.75) is 11.4 Å². The van der Waals surface area contributed by atoms with Crippen molar-refractivity contribution < 1.29 is 8.42 Å². The number of sulfonamides is 1. The summed E-state index contributed by atoms with van der Waals surface area (Å²) in [4.78, 5) is 3.71. The maximum absolute atomic E-state index is 11.9. The molecule has 17 heavy (non-hydrogen) atoms. The second-order valence-corrected chi connectivity index (χ2v) is 5.05. The molecule has 0 spiro atoms. The number of nitrogen functional groups attached to an aromatic ring is 1. The van der Waals surface area contributed by atoms with Crippen LogP contribution in [-0.2, 0) is 16.6 Å². The van der Waals surface area contributed by atoms with E-state index in [0.717, 1.165) is 5.56 Å². The summed E-state index contributed by atoms with van der Waals surface area (Å²) in [6, 6.07) is 2.92. The van der Waals surface area contributed by atoms with E-state index in [0.29, 0.717) is 0 Å². The topological polar surface area (TPSA) is 114 Å². The van der Waals surface area contributed by atoms with Crippen molar-refractivity contribution in [2.24, 2.45) is 0 Å². The summed E-state index contributed by atoms with van der Waals surface area (Å²) in [5.74, 6) is -0.0211. The molecule has 0 unspecified atom stereocenters. The Morgan fingerprint density at radius 3 is 2.94 bits per heavy atom. The monoisotopic (exact) mass is 253 g/mol. The second-order valence-electron chi connectivity index (χ2n) is 3.32. The zero-order chi connectivity index (χ0) is 12.3. The molecule has 7 nitrogen and oxygen atoms in total. The van der Waals surface area contributed by atoms with Crippen LogP contribution in [0.5, 0.6) is 0 Å². The number of nitrogens with two attached hydrogens (primary N) is 1. The van der Waals surface area contributed by atoms with E-state index in [1.807, 2.05) is 0 Å². The van der Waals surface area contributed by atoms with Gasteiger partial charge in [-0.1, -0.05) is 0 Å². The van der Waals surface area contributed by atoms with Gasteiger partial charge in [0.1, 0.15) is 10.7 Å². The molecule has 2 rings (SSSR count). The molecule has 0 radical (unpaired) electrons. The molecule has 2 aromatic heterocycles. The van der Waals surface area contributed by atoms with Crippen molar-refractivity contribution in [3.05, 3.63) is 36.3 Å². The molecule has 0 aliphatic rings. The van der Waals surface area contributed by atoms with Gasteiger partial charge >= 0.3 is 0 Å². The van der Waals surface area contributed by atoms with Crippen LogP contribution in [0.15, 0.2) is 35.6 Å².